The molecule has 0 radical (unpaired) electrons. The molecule has 0 spiro atoms. The quantitative estimate of drug-likeness (QED) is 0.914. The van der Waals surface area contributed by atoms with E-state index < -0.39 is 0 Å². The fourth-order valence-corrected chi connectivity index (χ4v) is 2.43. The zero-order valence-electron chi connectivity index (χ0n) is 11.7. The van der Waals surface area contributed by atoms with Crippen molar-refractivity contribution in [3.8, 4) is 11.8 Å². The first-order valence-corrected chi connectivity index (χ1v) is 7.66. The SMILES string of the molecule is CNc1nc(Oc2ccc(Br)cc2)nc(N2CCCC2)n1. The van der Waals surface area contributed by atoms with Gasteiger partial charge in [0, 0.05) is 24.6 Å². The number of hydrogen-bond donors (Lipinski definition) is 1. The van der Waals surface area contributed by atoms with Crippen molar-refractivity contribution in [1.29, 1.82) is 0 Å². The molecule has 110 valence electrons. The Kier molecular flexibility index (Phi) is 4.19. The fraction of sp³-hybridized carbons (Fsp3) is 0.357. The lowest BCUT2D eigenvalue weighted by Crippen LogP contribution is -2.21. The first-order chi connectivity index (χ1) is 10.2. The van der Waals surface area contributed by atoms with Gasteiger partial charge in [-0.3, -0.25) is 0 Å². The Morgan fingerprint density at radius 2 is 1.81 bits per heavy atom. The van der Waals surface area contributed by atoms with Crippen LogP contribution in [-0.4, -0.2) is 35.1 Å². The second kappa shape index (κ2) is 6.26. The number of nitrogens with zero attached hydrogens (tertiary/aromatic N) is 4. The second-order valence-electron chi connectivity index (χ2n) is 4.74. The van der Waals surface area contributed by atoms with E-state index in [1.165, 1.54) is 12.8 Å². The molecule has 0 atom stereocenters. The van der Waals surface area contributed by atoms with E-state index in [1.807, 2.05) is 24.3 Å². The minimum absolute atomic E-state index is 0.304. The Morgan fingerprint density at radius 1 is 1.10 bits per heavy atom. The molecule has 1 aliphatic heterocycles. The van der Waals surface area contributed by atoms with Crippen molar-refractivity contribution in [3.05, 3.63) is 28.7 Å². The van der Waals surface area contributed by atoms with Gasteiger partial charge in [-0.1, -0.05) is 15.9 Å². The number of halogens is 1. The van der Waals surface area contributed by atoms with Gasteiger partial charge < -0.3 is 15.0 Å². The summed E-state index contributed by atoms with van der Waals surface area (Å²) in [4.78, 5) is 15.2. The molecule has 0 aliphatic carbocycles. The number of ether oxygens (including phenoxy) is 1. The molecule has 1 saturated heterocycles. The van der Waals surface area contributed by atoms with E-state index >= 15 is 0 Å². The lowest BCUT2D eigenvalue weighted by Gasteiger charge is -2.16. The standard InChI is InChI=1S/C14H16BrN5O/c1-16-12-17-13(20-8-2-3-9-20)19-14(18-12)21-11-6-4-10(15)5-7-11/h4-7H,2-3,8-9H2,1H3,(H,16,17,18,19). The molecule has 0 unspecified atom stereocenters. The molecular formula is C14H16BrN5O. The normalized spacial score (nSPS) is 14.3. The van der Waals surface area contributed by atoms with Crippen molar-refractivity contribution >= 4 is 27.8 Å². The minimum atomic E-state index is 0.304. The predicted octanol–water partition coefficient (Wildman–Crippen LogP) is 3.07. The van der Waals surface area contributed by atoms with Gasteiger partial charge in [-0.2, -0.15) is 15.0 Å². The first-order valence-electron chi connectivity index (χ1n) is 6.87. The molecule has 1 aromatic heterocycles. The molecule has 1 fully saturated rings. The molecule has 0 saturated carbocycles. The van der Waals surface area contributed by atoms with E-state index in [1.54, 1.807) is 7.05 Å². The van der Waals surface area contributed by atoms with Crippen LogP contribution >= 0.6 is 15.9 Å². The Balaban J connectivity index is 1.86. The van der Waals surface area contributed by atoms with Crippen molar-refractivity contribution in [2.75, 3.05) is 30.4 Å². The summed E-state index contributed by atoms with van der Waals surface area (Å²) < 4.78 is 6.73. The third-order valence-corrected chi connectivity index (χ3v) is 3.77. The molecule has 6 nitrogen and oxygen atoms in total. The Labute approximate surface area is 131 Å². The Morgan fingerprint density at radius 3 is 2.48 bits per heavy atom. The number of nitrogens with one attached hydrogen (secondary N) is 1. The number of aromatic nitrogens is 3. The first kappa shape index (κ1) is 14.1. The fourth-order valence-electron chi connectivity index (χ4n) is 2.17. The van der Waals surface area contributed by atoms with Crippen LogP contribution in [-0.2, 0) is 0 Å². The molecule has 2 aromatic rings. The van der Waals surface area contributed by atoms with Crippen LogP contribution in [0.3, 0.4) is 0 Å². The summed E-state index contributed by atoms with van der Waals surface area (Å²) in [5.74, 6) is 1.87. The topological polar surface area (TPSA) is 63.2 Å². The summed E-state index contributed by atoms with van der Waals surface area (Å²) in [6.45, 7) is 1.95. The predicted molar refractivity (Wildman–Crippen MR) is 85.0 cm³/mol. The molecule has 1 aliphatic rings. The number of hydrogen-bond acceptors (Lipinski definition) is 6. The van der Waals surface area contributed by atoms with Crippen LogP contribution < -0.4 is 15.0 Å². The van der Waals surface area contributed by atoms with E-state index in [9.17, 15) is 0 Å². The minimum Gasteiger partial charge on any atom is -0.424 e. The van der Waals surface area contributed by atoms with Gasteiger partial charge in [-0.25, -0.2) is 0 Å². The molecule has 21 heavy (non-hydrogen) atoms. The van der Waals surface area contributed by atoms with E-state index in [2.05, 4.69) is 41.1 Å². The summed E-state index contributed by atoms with van der Waals surface area (Å²) >= 11 is 3.40. The second-order valence-corrected chi connectivity index (χ2v) is 5.66. The van der Waals surface area contributed by atoms with Gasteiger partial charge in [0.05, 0.1) is 0 Å². The molecule has 1 N–H and O–H groups in total. The third-order valence-electron chi connectivity index (χ3n) is 3.24. The lowest BCUT2D eigenvalue weighted by molar-refractivity contribution is 0.440. The molecule has 2 heterocycles. The summed E-state index contributed by atoms with van der Waals surface area (Å²) in [7, 11) is 1.78. The van der Waals surface area contributed by atoms with E-state index in [4.69, 9.17) is 4.74 Å². The van der Waals surface area contributed by atoms with Gasteiger partial charge in [0.2, 0.25) is 11.9 Å². The summed E-state index contributed by atoms with van der Waals surface area (Å²) in [6, 6.07) is 7.86. The third kappa shape index (κ3) is 3.41. The van der Waals surface area contributed by atoms with Crippen LogP contribution in [0, 0.1) is 0 Å². The summed E-state index contributed by atoms with van der Waals surface area (Å²) in [5.41, 5.74) is 0. The number of anilines is 2. The van der Waals surface area contributed by atoms with Crippen molar-refractivity contribution < 1.29 is 4.74 Å². The number of benzene rings is 1. The number of rotatable bonds is 4. The van der Waals surface area contributed by atoms with E-state index in [-0.39, 0.29) is 0 Å². The van der Waals surface area contributed by atoms with E-state index in [0.29, 0.717) is 23.7 Å². The maximum atomic E-state index is 5.73. The zero-order chi connectivity index (χ0) is 14.7. The summed E-state index contributed by atoms with van der Waals surface area (Å²) in [6.07, 6.45) is 2.34. The van der Waals surface area contributed by atoms with Gasteiger partial charge in [0.25, 0.3) is 0 Å². The monoisotopic (exact) mass is 349 g/mol. The van der Waals surface area contributed by atoms with Gasteiger partial charge >= 0.3 is 6.01 Å². The van der Waals surface area contributed by atoms with E-state index in [0.717, 1.165) is 17.6 Å². The van der Waals surface area contributed by atoms with Crippen LogP contribution in [0.4, 0.5) is 11.9 Å². The van der Waals surface area contributed by atoms with Gasteiger partial charge in [0.1, 0.15) is 5.75 Å². The van der Waals surface area contributed by atoms with Crippen molar-refractivity contribution in [3.63, 3.8) is 0 Å². The molecule has 7 heteroatoms. The van der Waals surface area contributed by atoms with Crippen molar-refractivity contribution in [2.45, 2.75) is 12.8 Å². The Hall–Kier alpha value is -1.89. The molecule has 3 rings (SSSR count). The molecule has 0 amide bonds. The lowest BCUT2D eigenvalue weighted by atomic mass is 10.3. The van der Waals surface area contributed by atoms with Crippen LogP contribution in [0.1, 0.15) is 12.8 Å². The van der Waals surface area contributed by atoms with Gasteiger partial charge in [0.15, 0.2) is 0 Å². The highest BCUT2D eigenvalue weighted by Gasteiger charge is 2.17. The van der Waals surface area contributed by atoms with Crippen LogP contribution in [0.25, 0.3) is 0 Å². The van der Waals surface area contributed by atoms with Crippen LogP contribution in [0.2, 0.25) is 0 Å². The Bertz CT molecular complexity index is 613. The van der Waals surface area contributed by atoms with Gasteiger partial charge in [-0.05, 0) is 37.1 Å². The largest absolute Gasteiger partial charge is 0.424 e. The highest BCUT2D eigenvalue weighted by molar-refractivity contribution is 9.10. The maximum absolute atomic E-state index is 5.73. The highest BCUT2D eigenvalue weighted by atomic mass is 79.9. The molecule has 0 bridgehead atoms. The van der Waals surface area contributed by atoms with Gasteiger partial charge in [-0.15, -0.1) is 0 Å². The molecule has 1 aromatic carbocycles. The summed E-state index contributed by atoms with van der Waals surface area (Å²) in [5, 5.41) is 2.95. The van der Waals surface area contributed by atoms with Crippen LogP contribution in [0.15, 0.2) is 28.7 Å². The van der Waals surface area contributed by atoms with Crippen molar-refractivity contribution in [2.24, 2.45) is 0 Å². The average molecular weight is 350 g/mol. The van der Waals surface area contributed by atoms with Crippen LogP contribution in [0.5, 0.6) is 11.8 Å². The molecular weight excluding hydrogens is 334 g/mol. The highest BCUT2D eigenvalue weighted by Crippen LogP contribution is 2.24. The zero-order valence-corrected chi connectivity index (χ0v) is 13.3. The van der Waals surface area contributed by atoms with Crippen molar-refractivity contribution in [1.82, 2.24) is 15.0 Å². The average Bonchev–Trinajstić information content (AvgIpc) is 3.04. The smallest absolute Gasteiger partial charge is 0.328 e. The maximum Gasteiger partial charge on any atom is 0.328 e.